The van der Waals surface area contributed by atoms with Crippen LogP contribution in [0.1, 0.15) is 38.3 Å². The van der Waals surface area contributed by atoms with Gasteiger partial charge in [0.25, 0.3) is 5.91 Å². The van der Waals surface area contributed by atoms with Crippen LogP contribution in [0.2, 0.25) is 0 Å². The first-order chi connectivity index (χ1) is 10.7. The van der Waals surface area contributed by atoms with Gasteiger partial charge in [0, 0.05) is 4.88 Å². The second-order valence-electron chi connectivity index (χ2n) is 5.03. The van der Waals surface area contributed by atoms with E-state index in [4.69, 9.17) is 4.52 Å². The lowest BCUT2D eigenvalue weighted by Gasteiger charge is -2.18. The minimum Gasteiger partial charge on any atom is -0.361 e. The normalized spacial score (nSPS) is 12.1. The Labute approximate surface area is 132 Å². The van der Waals surface area contributed by atoms with Gasteiger partial charge in [0.2, 0.25) is 0 Å². The molecule has 4 nitrogen and oxygen atoms in total. The molecule has 112 valence electrons. The maximum Gasteiger partial charge on any atom is 0.257 e. The topological polar surface area (TPSA) is 55.1 Å². The van der Waals surface area contributed by atoms with Gasteiger partial charge in [-0.25, -0.2) is 0 Å². The van der Waals surface area contributed by atoms with E-state index in [0.29, 0.717) is 17.0 Å². The Morgan fingerprint density at radius 2 is 1.95 bits per heavy atom. The summed E-state index contributed by atoms with van der Waals surface area (Å²) >= 11 is 1.62. The van der Waals surface area contributed by atoms with Crippen LogP contribution >= 0.6 is 11.3 Å². The van der Waals surface area contributed by atoms with Gasteiger partial charge in [-0.1, -0.05) is 41.6 Å². The van der Waals surface area contributed by atoms with E-state index in [2.05, 4.69) is 10.5 Å². The number of benzene rings is 1. The first-order valence-corrected chi connectivity index (χ1v) is 7.87. The second-order valence-corrected chi connectivity index (χ2v) is 6.01. The maximum atomic E-state index is 12.6. The fourth-order valence-electron chi connectivity index (χ4n) is 2.43. The summed E-state index contributed by atoms with van der Waals surface area (Å²) in [6, 6.07) is 13.8. The number of nitrogens with zero attached hydrogens (tertiary/aromatic N) is 1. The molecule has 0 aliphatic carbocycles. The van der Waals surface area contributed by atoms with Crippen LogP contribution in [0, 0.1) is 13.8 Å². The van der Waals surface area contributed by atoms with E-state index in [1.807, 2.05) is 47.8 Å². The molecule has 0 saturated carbocycles. The molecule has 3 rings (SSSR count). The van der Waals surface area contributed by atoms with Crippen LogP contribution in [0.15, 0.2) is 52.4 Å². The summed E-state index contributed by atoms with van der Waals surface area (Å²) in [5.41, 5.74) is 2.16. The molecule has 0 unspecified atom stereocenters. The number of hydrogen-bond donors (Lipinski definition) is 1. The van der Waals surface area contributed by atoms with Crippen LogP contribution in [0.25, 0.3) is 0 Å². The maximum absolute atomic E-state index is 12.6. The molecule has 2 heterocycles. The fraction of sp³-hybridized carbons (Fsp3) is 0.176. The third-order valence-corrected chi connectivity index (χ3v) is 4.43. The van der Waals surface area contributed by atoms with Gasteiger partial charge in [-0.2, -0.15) is 0 Å². The summed E-state index contributed by atoms with van der Waals surface area (Å²) < 4.78 is 5.09. The number of carbonyl (C=O) groups is 1. The van der Waals surface area contributed by atoms with Crippen LogP contribution < -0.4 is 5.32 Å². The number of aryl methyl sites for hydroxylation is 2. The van der Waals surface area contributed by atoms with Gasteiger partial charge >= 0.3 is 0 Å². The van der Waals surface area contributed by atoms with E-state index in [9.17, 15) is 4.79 Å². The van der Waals surface area contributed by atoms with E-state index in [1.54, 1.807) is 25.2 Å². The molecule has 0 saturated heterocycles. The predicted octanol–water partition coefficient (Wildman–Crippen LogP) is 3.87. The Bertz CT molecular complexity index is 744. The Kier molecular flexibility index (Phi) is 4.06. The van der Waals surface area contributed by atoms with Crippen molar-refractivity contribution < 1.29 is 9.32 Å². The van der Waals surface area contributed by atoms with Crippen molar-refractivity contribution in [1.82, 2.24) is 10.5 Å². The zero-order chi connectivity index (χ0) is 15.5. The Morgan fingerprint density at radius 3 is 2.55 bits per heavy atom. The van der Waals surface area contributed by atoms with Crippen molar-refractivity contribution >= 4 is 17.2 Å². The average molecular weight is 312 g/mol. The van der Waals surface area contributed by atoms with Gasteiger partial charge < -0.3 is 9.84 Å². The standard InChI is InChI=1S/C17H16N2O2S/c1-11-15(12(2)21-19-11)17(20)18-16(14-9-6-10-22-14)13-7-4-3-5-8-13/h3-10,16H,1-2H3,(H,18,20)/t16-/m1/s1. The van der Waals surface area contributed by atoms with Crippen LogP contribution in [0.5, 0.6) is 0 Å². The first kappa shape index (κ1) is 14.5. The smallest absolute Gasteiger partial charge is 0.257 e. The quantitative estimate of drug-likeness (QED) is 0.795. The van der Waals surface area contributed by atoms with Gasteiger partial charge in [-0.15, -0.1) is 11.3 Å². The molecular weight excluding hydrogens is 296 g/mol. The highest BCUT2D eigenvalue weighted by Gasteiger charge is 2.23. The number of amides is 1. The van der Waals surface area contributed by atoms with Crippen molar-refractivity contribution in [2.45, 2.75) is 19.9 Å². The van der Waals surface area contributed by atoms with Crippen LogP contribution in [-0.2, 0) is 0 Å². The van der Waals surface area contributed by atoms with Crippen LogP contribution in [0.3, 0.4) is 0 Å². The molecule has 0 spiro atoms. The van der Waals surface area contributed by atoms with Crippen LogP contribution in [-0.4, -0.2) is 11.1 Å². The Morgan fingerprint density at radius 1 is 1.18 bits per heavy atom. The number of carbonyl (C=O) groups excluding carboxylic acids is 1. The molecule has 3 aromatic rings. The van der Waals surface area contributed by atoms with Gasteiger partial charge in [0.15, 0.2) is 0 Å². The third-order valence-electron chi connectivity index (χ3n) is 3.50. The molecule has 1 amide bonds. The summed E-state index contributed by atoms with van der Waals surface area (Å²) in [6.45, 7) is 3.52. The second kappa shape index (κ2) is 6.15. The molecule has 1 aromatic carbocycles. The number of nitrogens with one attached hydrogen (secondary N) is 1. The molecule has 1 atom stereocenters. The highest BCUT2D eigenvalue weighted by atomic mass is 32.1. The minimum atomic E-state index is -0.178. The molecule has 0 aliphatic rings. The lowest BCUT2D eigenvalue weighted by atomic mass is 10.0. The van der Waals surface area contributed by atoms with E-state index < -0.39 is 0 Å². The highest BCUT2D eigenvalue weighted by molar-refractivity contribution is 7.10. The lowest BCUT2D eigenvalue weighted by molar-refractivity contribution is 0.0941. The van der Waals surface area contributed by atoms with Crippen LogP contribution in [0.4, 0.5) is 0 Å². The van der Waals surface area contributed by atoms with Crippen molar-refractivity contribution in [2.24, 2.45) is 0 Å². The SMILES string of the molecule is Cc1noc(C)c1C(=O)N[C@H](c1ccccc1)c1cccs1. The van der Waals surface area contributed by atoms with Crippen molar-refractivity contribution in [3.8, 4) is 0 Å². The van der Waals surface area contributed by atoms with Crippen molar-refractivity contribution in [1.29, 1.82) is 0 Å². The van der Waals surface area contributed by atoms with E-state index in [0.717, 1.165) is 10.4 Å². The van der Waals surface area contributed by atoms with Gasteiger partial charge in [-0.3, -0.25) is 4.79 Å². The Balaban J connectivity index is 1.93. The lowest BCUT2D eigenvalue weighted by Crippen LogP contribution is -2.29. The zero-order valence-corrected chi connectivity index (χ0v) is 13.2. The highest BCUT2D eigenvalue weighted by Crippen LogP contribution is 2.26. The van der Waals surface area contributed by atoms with Crippen molar-refractivity contribution in [2.75, 3.05) is 0 Å². The number of rotatable bonds is 4. The molecule has 0 fully saturated rings. The zero-order valence-electron chi connectivity index (χ0n) is 12.4. The largest absolute Gasteiger partial charge is 0.361 e. The van der Waals surface area contributed by atoms with Gasteiger partial charge in [-0.05, 0) is 30.9 Å². The molecule has 0 bridgehead atoms. The fourth-order valence-corrected chi connectivity index (χ4v) is 3.23. The monoisotopic (exact) mass is 312 g/mol. The number of thiophene rings is 1. The van der Waals surface area contributed by atoms with E-state index >= 15 is 0 Å². The predicted molar refractivity (Wildman–Crippen MR) is 86.0 cm³/mol. The van der Waals surface area contributed by atoms with Gasteiger partial charge in [0.05, 0.1) is 11.7 Å². The van der Waals surface area contributed by atoms with Crippen molar-refractivity contribution in [3.63, 3.8) is 0 Å². The van der Waals surface area contributed by atoms with Crippen molar-refractivity contribution in [3.05, 3.63) is 75.3 Å². The summed E-state index contributed by atoms with van der Waals surface area (Å²) in [6.07, 6.45) is 0. The molecular formula is C17H16N2O2S. The molecule has 1 N–H and O–H groups in total. The van der Waals surface area contributed by atoms with Gasteiger partial charge in [0.1, 0.15) is 11.3 Å². The third kappa shape index (κ3) is 2.80. The summed E-state index contributed by atoms with van der Waals surface area (Å²) in [5.74, 6) is 0.367. The summed E-state index contributed by atoms with van der Waals surface area (Å²) in [4.78, 5) is 13.7. The number of aromatic nitrogens is 1. The first-order valence-electron chi connectivity index (χ1n) is 6.99. The van der Waals surface area contributed by atoms with E-state index in [1.165, 1.54) is 0 Å². The Hall–Kier alpha value is -2.40. The molecule has 22 heavy (non-hydrogen) atoms. The van der Waals surface area contributed by atoms with E-state index in [-0.39, 0.29) is 11.9 Å². The number of hydrogen-bond acceptors (Lipinski definition) is 4. The molecule has 5 heteroatoms. The average Bonchev–Trinajstić information content (AvgIpc) is 3.16. The minimum absolute atomic E-state index is 0.168. The molecule has 0 aliphatic heterocycles. The molecule has 0 radical (unpaired) electrons. The summed E-state index contributed by atoms with van der Waals surface area (Å²) in [7, 11) is 0. The molecule has 2 aromatic heterocycles. The summed E-state index contributed by atoms with van der Waals surface area (Å²) in [5, 5.41) is 8.95.